The Kier molecular flexibility index (Phi) is 4.41. The maximum atomic E-state index is 13.5. The zero-order chi connectivity index (χ0) is 17.4. The van der Waals surface area contributed by atoms with E-state index in [9.17, 15) is 9.18 Å². The molecule has 6 nitrogen and oxygen atoms in total. The molecule has 3 aliphatic heterocycles. The van der Waals surface area contributed by atoms with Crippen molar-refractivity contribution in [3.8, 4) is 5.75 Å². The lowest BCUT2D eigenvalue weighted by molar-refractivity contribution is 0.0969. The minimum absolute atomic E-state index is 0.00233. The van der Waals surface area contributed by atoms with Crippen molar-refractivity contribution in [3.05, 3.63) is 24.0 Å². The Hall–Kier alpha value is -2.02. The summed E-state index contributed by atoms with van der Waals surface area (Å²) in [6.45, 7) is 2.73. The molecule has 1 aromatic rings. The van der Waals surface area contributed by atoms with Crippen LogP contribution in [0.2, 0.25) is 0 Å². The molecule has 2 bridgehead atoms. The molecule has 0 aliphatic carbocycles. The van der Waals surface area contributed by atoms with Crippen LogP contribution in [0.4, 0.5) is 14.9 Å². The first-order chi connectivity index (χ1) is 12.1. The number of fused-ring (bicyclic) bond motifs is 2. The highest BCUT2D eigenvalue weighted by Crippen LogP contribution is 2.34. The van der Waals surface area contributed by atoms with Gasteiger partial charge in [-0.25, -0.2) is 9.18 Å². The maximum absolute atomic E-state index is 13.5. The highest BCUT2D eigenvalue weighted by molar-refractivity contribution is 5.75. The van der Waals surface area contributed by atoms with Crippen LogP contribution < -0.4 is 15.0 Å². The number of piperazine rings is 1. The normalized spacial score (nSPS) is 28.3. The van der Waals surface area contributed by atoms with Crippen molar-refractivity contribution < 1.29 is 18.7 Å². The molecule has 0 saturated carbocycles. The molecule has 0 spiro atoms. The largest absolute Gasteiger partial charge is 0.494 e. The highest BCUT2D eigenvalue weighted by atomic mass is 19.1. The number of urea groups is 1. The zero-order valence-electron chi connectivity index (χ0n) is 14.4. The number of hydrogen-bond donors (Lipinski definition) is 1. The second kappa shape index (κ2) is 6.71. The van der Waals surface area contributed by atoms with E-state index in [1.54, 1.807) is 12.1 Å². The molecule has 0 aromatic heterocycles. The number of rotatable bonds is 3. The first kappa shape index (κ1) is 16.4. The Morgan fingerprint density at radius 2 is 2.08 bits per heavy atom. The van der Waals surface area contributed by atoms with Gasteiger partial charge in [-0.2, -0.15) is 0 Å². The summed E-state index contributed by atoms with van der Waals surface area (Å²) >= 11 is 0. The lowest BCUT2D eigenvalue weighted by Gasteiger charge is -2.37. The monoisotopic (exact) mass is 349 g/mol. The van der Waals surface area contributed by atoms with Gasteiger partial charge in [-0.3, -0.25) is 0 Å². The fourth-order valence-corrected chi connectivity index (χ4v) is 4.05. The molecule has 7 heteroatoms. The summed E-state index contributed by atoms with van der Waals surface area (Å²) in [5.74, 6) is -0.119. The molecule has 2 amide bonds. The van der Waals surface area contributed by atoms with Crippen LogP contribution >= 0.6 is 0 Å². The summed E-state index contributed by atoms with van der Waals surface area (Å²) in [4.78, 5) is 16.5. The number of amides is 2. The number of carbonyl (C=O) groups excluding carboxylic acids is 1. The zero-order valence-corrected chi connectivity index (χ0v) is 14.4. The quantitative estimate of drug-likeness (QED) is 0.907. The Morgan fingerprint density at radius 3 is 2.72 bits per heavy atom. The smallest absolute Gasteiger partial charge is 0.317 e. The third kappa shape index (κ3) is 3.25. The first-order valence-electron chi connectivity index (χ1n) is 8.93. The van der Waals surface area contributed by atoms with Crippen molar-refractivity contribution in [1.82, 2.24) is 10.2 Å². The standard InChI is InChI=1S/C18H24FN3O3/c1-24-17-10-12(2-4-14(17)19)21-6-8-22(9-7-21)18(23)20-15-11-13-3-5-16(15)25-13/h2,4,10,13,15-16H,3,5-9,11H2,1H3,(H,20,23)/t13-,15+,16-/m1/s1. The first-order valence-corrected chi connectivity index (χ1v) is 8.93. The van der Waals surface area contributed by atoms with Gasteiger partial charge in [-0.05, 0) is 31.4 Å². The summed E-state index contributed by atoms with van der Waals surface area (Å²) in [5, 5.41) is 3.13. The molecule has 4 rings (SSSR count). The van der Waals surface area contributed by atoms with Gasteiger partial charge in [0.1, 0.15) is 0 Å². The van der Waals surface area contributed by atoms with Crippen LogP contribution in [0.5, 0.6) is 5.75 Å². The molecule has 0 unspecified atom stereocenters. The fraction of sp³-hybridized carbons (Fsp3) is 0.611. The summed E-state index contributed by atoms with van der Waals surface area (Å²) in [5.41, 5.74) is 0.916. The van der Waals surface area contributed by atoms with E-state index in [1.807, 2.05) is 4.90 Å². The molecule has 3 aliphatic rings. The van der Waals surface area contributed by atoms with E-state index < -0.39 is 0 Å². The third-order valence-electron chi connectivity index (χ3n) is 5.48. The van der Waals surface area contributed by atoms with Crippen LogP contribution in [0.3, 0.4) is 0 Å². The van der Waals surface area contributed by atoms with Crippen molar-refractivity contribution in [2.45, 2.75) is 37.5 Å². The average molecular weight is 349 g/mol. The topological polar surface area (TPSA) is 54.0 Å². The van der Waals surface area contributed by atoms with Gasteiger partial charge in [0.25, 0.3) is 0 Å². The van der Waals surface area contributed by atoms with Crippen molar-refractivity contribution in [2.75, 3.05) is 38.2 Å². The maximum Gasteiger partial charge on any atom is 0.317 e. The average Bonchev–Trinajstić information content (AvgIpc) is 3.25. The Morgan fingerprint density at radius 1 is 1.28 bits per heavy atom. The lowest BCUT2D eigenvalue weighted by atomic mass is 9.96. The van der Waals surface area contributed by atoms with Gasteiger partial charge in [0, 0.05) is 37.9 Å². The van der Waals surface area contributed by atoms with Gasteiger partial charge in [-0.1, -0.05) is 0 Å². The van der Waals surface area contributed by atoms with Crippen LogP contribution in [0, 0.1) is 5.82 Å². The number of halogens is 1. The van der Waals surface area contributed by atoms with Gasteiger partial charge in [-0.15, -0.1) is 0 Å². The van der Waals surface area contributed by atoms with Crippen molar-refractivity contribution in [2.24, 2.45) is 0 Å². The van der Waals surface area contributed by atoms with E-state index in [0.29, 0.717) is 19.2 Å². The van der Waals surface area contributed by atoms with Crippen LogP contribution in [0.25, 0.3) is 0 Å². The summed E-state index contributed by atoms with van der Waals surface area (Å²) in [7, 11) is 1.46. The van der Waals surface area contributed by atoms with E-state index >= 15 is 0 Å². The van der Waals surface area contributed by atoms with Gasteiger partial charge in [0.05, 0.1) is 25.4 Å². The SMILES string of the molecule is COc1cc(N2CCN(C(=O)N[C@H]3C[C@H]4CC[C@H]3O4)CC2)ccc1F. The molecule has 3 fully saturated rings. The number of nitrogens with zero attached hydrogens (tertiary/aromatic N) is 2. The minimum Gasteiger partial charge on any atom is -0.494 e. The van der Waals surface area contributed by atoms with Gasteiger partial charge in [0.2, 0.25) is 0 Å². The molecule has 25 heavy (non-hydrogen) atoms. The highest BCUT2D eigenvalue weighted by Gasteiger charge is 2.42. The number of benzene rings is 1. The van der Waals surface area contributed by atoms with E-state index in [1.165, 1.54) is 13.2 Å². The van der Waals surface area contributed by atoms with Gasteiger partial charge < -0.3 is 24.6 Å². The molecule has 3 saturated heterocycles. The number of anilines is 1. The van der Waals surface area contributed by atoms with E-state index in [-0.39, 0.29) is 29.7 Å². The van der Waals surface area contributed by atoms with Crippen molar-refractivity contribution in [3.63, 3.8) is 0 Å². The summed E-state index contributed by atoms with van der Waals surface area (Å²) in [6, 6.07) is 5.03. The number of hydrogen-bond acceptors (Lipinski definition) is 4. The Labute approximate surface area is 146 Å². The van der Waals surface area contributed by atoms with E-state index in [2.05, 4.69) is 10.2 Å². The molecular weight excluding hydrogens is 325 g/mol. The van der Waals surface area contributed by atoms with Crippen molar-refractivity contribution in [1.29, 1.82) is 0 Å². The number of ether oxygens (including phenoxy) is 2. The van der Waals surface area contributed by atoms with Crippen LogP contribution in [-0.2, 0) is 4.74 Å². The Bertz CT molecular complexity index is 648. The molecule has 1 N–H and O–H groups in total. The second-order valence-electron chi connectivity index (χ2n) is 6.96. The van der Waals surface area contributed by atoms with Crippen molar-refractivity contribution >= 4 is 11.7 Å². The minimum atomic E-state index is -0.364. The van der Waals surface area contributed by atoms with Crippen LogP contribution in [0.15, 0.2) is 18.2 Å². The third-order valence-corrected chi connectivity index (χ3v) is 5.48. The fourth-order valence-electron chi connectivity index (χ4n) is 4.05. The molecular formula is C18H24FN3O3. The van der Waals surface area contributed by atoms with E-state index in [4.69, 9.17) is 9.47 Å². The number of nitrogens with one attached hydrogen (secondary N) is 1. The predicted molar refractivity (Wildman–Crippen MR) is 91.6 cm³/mol. The van der Waals surface area contributed by atoms with Crippen LogP contribution in [0.1, 0.15) is 19.3 Å². The molecule has 136 valence electrons. The Balaban J connectivity index is 1.31. The lowest BCUT2D eigenvalue weighted by Crippen LogP contribution is -2.54. The summed E-state index contributed by atoms with van der Waals surface area (Å²) in [6.07, 6.45) is 3.64. The molecule has 0 radical (unpaired) electrons. The number of carbonyl (C=O) groups is 1. The summed E-state index contributed by atoms with van der Waals surface area (Å²) < 4.78 is 24.4. The van der Waals surface area contributed by atoms with E-state index in [0.717, 1.165) is 38.0 Å². The molecule has 3 heterocycles. The van der Waals surface area contributed by atoms with Gasteiger partial charge in [0.15, 0.2) is 11.6 Å². The second-order valence-corrected chi connectivity index (χ2v) is 6.96. The predicted octanol–water partition coefficient (Wildman–Crippen LogP) is 1.99. The molecule has 3 atom stereocenters. The van der Waals surface area contributed by atoms with Gasteiger partial charge >= 0.3 is 6.03 Å². The molecule has 1 aromatic carbocycles. The number of methoxy groups -OCH3 is 1. The van der Waals surface area contributed by atoms with Crippen LogP contribution in [-0.4, -0.2) is 62.5 Å².